The quantitative estimate of drug-likeness (QED) is 0.794. The van der Waals surface area contributed by atoms with E-state index in [4.69, 9.17) is 16.6 Å². The number of fused-ring (bicyclic) bond motifs is 1. The summed E-state index contributed by atoms with van der Waals surface area (Å²) in [7, 11) is 0. The Morgan fingerprint density at radius 3 is 2.89 bits per heavy atom. The maximum Gasteiger partial charge on any atom is 0.111 e. The summed E-state index contributed by atoms with van der Waals surface area (Å²) < 4.78 is 2.42. The van der Waals surface area contributed by atoms with Gasteiger partial charge in [0.2, 0.25) is 0 Å². The molecule has 0 saturated heterocycles. The van der Waals surface area contributed by atoms with Crippen LogP contribution in [-0.2, 0) is 12.0 Å². The molecule has 0 N–H and O–H groups in total. The van der Waals surface area contributed by atoms with Crippen molar-refractivity contribution in [1.82, 2.24) is 14.5 Å². The summed E-state index contributed by atoms with van der Waals surface area (Å²) in [5.41, 5.74) is 2.40. The van der Waals surface area contributed by atoms with Gasteiger partial charge in [0.15, 0.2) is 0 Å². The Hall–Kier alpha value is -1.09. The number of rotatable bonds is 3. The zero-order chi connectivity index (χ0) is 12.6. The molecule has 0 bridgehead atoms. The van der Waals surface area contributed by atoms with Crippen molar-refractivity contribution in [3.8, 4) is 0 Å². The highest BCUT2D eigenvalue weighted by molar-refractivity contribution is 6.17. The van der Waals surface area contributed by atoms with Gasteiger partial charge in [-0.3, -0.25) is 4.98 Å². The van der Waals surface area contributed by atoms with Gasteiger partial charge in [0.1, 0.15) is 11.3 Å². The molecular weight excluding hydrogens is 246 g/mol. The van der Waals surface area contributed by atoms with Crippen molar-refractivity contribution in [2.24, 2.45) is 0 Å². The molecule has 0 aliphatic heterocycles. The molecule has 2 heterocycles. The molecule has 2 aromatic heterocycles. The van der Waals surface area contributed by atoms with E-state index in [0.717, 1.165) is 17.8 Å². The van der Waals surface area contributed by atoms with Gasteiger partial charge >= 0.3 is 0 Å². The van der Waals surface area contributed by atoms with Gasteiger partial charge in [-0.05, 0) is 25.8 Å². The zero-order valence-corrected chi connectivity index (χ0v) is 11.5. The van der Waals surface area contributed by atoms with Gasteiger partial charge < -0.3 is 4.57 Å². The van der Waals surface area contributed by atoms with E-state index in [1.165, 1.54) is 31.2 Å². The van der Waals surface area contributed by atoms with E-state index in [-0.39, 0.29) is 5.54 Å². The average molecular weight is 264 g/mol. The van der Waals surface area contributed by atoms with Crippen molar-refractivity contribution in [1.29, 1.82) is 0 Å². The van der Waals surface area contributed by atoms with Gasteiger partial charge in [-0.15, -0.1) is 11.6 Å². The molecule has 18 heavy (non-hydrogen) atoms. The molecule has 3 rings (SSSR count). The van der Waals surface area contributed by atoms with Crippen LogP contribution in [-0.4, -0.2) is 20.4 Å². The maximum atomic E-state index is 5.92. The van der Waals surface area contributed by atoms with Gasteiger partial charge in [0, 0.05) is 24.0 Å². The number of aromatic nitrogens is 3. The van der Waals surface area contributed by atoms with Crippen LogP contribution < -0.4 is 0 Å². The van der Waals surface area contributed by atoms with Crippen molar-refractivity contribution < 1.29 is 0 Å². The lowest BCUT2D eigenvalue weighted by Gasteiger charge is -2.28. The summed E-state index contributed by atoms with van der Waals surface area (Å²) >= 11 is 5.92. The Morgan fingerprint density at radius 1 is 1.39 bits per heavy atom. The van der Waals surface area contributed by atoms with Gasteiger partial charge in [-0.25, -0.2) is 4.98 Å². The number of hydrogen-bond acceptors (Lipinski definition) is 2. The first kappa shape index (κ1) is 12.0. The molecular formula is C14H18ClN3. The number of nitrogens with zero attached hydrogens (tertiary/aromatic N) is 3. The zero-order valence-electron chi connectivity index (χ0n) is 10.7. The summed E-state index contributed by atoms with van der Waals surface area (Å²) in [6.07, 6.45) is 9.60. The van der Waals surface area contributed by atoms with E-state index < -0.39 is 0 Å². The third-order valence-electron chi connectivity index (χ3n) is 4.06. The predicted molar refractivity (Wildman–Crippen MR) is 74.1 cm³/mol. The largest absolute Gasteiger partial charge is 0.322 e. The van der Waals surface area contributed by atoms with E-state index >= 15 is 0 Å². The van der Waals surface area contributed by atoms with Crippen LogP contribution in [0, 0.1) is 0 Å². The Bertz CT molecular complexity index is 555. The van der Waals surface area contributed by atoms with Crippen molar-refractivity contribution >= 4 is 22.6 Å². The van der Waals surface area contributed by atoms with Crippen molar-refractivity contribution in [2.45, 2.75) is 44.6 Å². The Morgan fingerprint density at radius 2 is 2.17 bits per heavy atom. The van der Waals surface area contributed by atoms with Crippen LogP contribution in [0.2, 0.25) is 0 Å². The van der Waals surface area contributed by atoms with Crippen LogP contribution in [0.3, 0.4) is 0 Å². The lowest BCUT2D eigenvalue weighted by atomic mass is 9.99. The minimum absolute atomic E-state index is 0.206. The summed E-state index contributed by atoms with van der Waals surface area (Å²) in [5.74, 6) is 1.73. The smallest absolute Gasteiger partial charge is 0.111 e. The van der Waals surface area contributed by atoms with E-state index in [1.807, 2.05) is 12.4 Å². The van der Waals surface area contributed by atoms with Gasteiger partial charge in [-0.1, -0.05) is 12.8 Å². The number of alkyl halides is 1. The molecule has 96 valence electrons. The van der Waals surface area contributed by atoms with Crippen LogP contribution in [0.5, 0.6) is 0 Å². The molecule has 1 fully saturated rings. The lowest BCUT2D eigenvalue weighted by molar-refractivity contribution is 0.329. The van der Waals surface area contributed by atoms with Crippen LogP contribution in [0.15, 0.2) is 18.5 Å². The second-order valence-corrected chi connectivity index (χ2v) is 5.75. The minimum atomic E-state index is 0.206. The Labute approximate surface area is 112 Å². The van der Waals surface area contributed by atoms with E-state index in [0.29, 0.717) is 5.88 Å². The molecule has 0 unspecified atom stereocenters. The number of pyridine rings is 1. The van der Waals surface area contributed by atoms with Crippen molar-refractivity contribution in [2.75, 3.05) is 5.88 Å². The van der Waals surface area contributed by atoms with Gasteiger partial charge in [0.25, 0.3) is 0 Å². The highest BCUT2D eigenvalue weighted by Gasteiger charge is 2.33. The second-order valence-electron chi connectivity index (χ2n) is 5.37. The third-order valence-corrected chi connectivity index (χ3v) is 4.25. The fourth-order valence-corrected chi connectivity index (χ4v) is 3.37. The number of aryl methyl sites for hydroxylation is 1. The van der Waals surface area contributed by atoms with E-state index in [1.54, 1.807) is 0 Å². The summed E-state index contributed by atoms with van der Waals surface area (Å²) in [6, 6.07) is 2.07. The number of imidazole rings is 1. The third kappa shape index (κ3) is 1.81. The van der Waals surface area contributed by atoms with Crippen LogP contribution >= 0.6 is 11.6 Å². The molecule has 0 spiro atoms. The molecule has 0 amide bonds. The fraction of sp³-hybridized carbons (Fsp3) is 0.571. The maximum absolute atomic E-state index is 5.92. The Balaban J connectivity index is 2.20. The average Bonchev–Trinajstić information content (AvgIpc) is 2.93. The minimum Gasteiger partial charge on any atom is -0.322 e. The molecule has 0 aromatic carbocycles. The topological polar surface area (TPSA) is 30.7 Å². The number of halogens is 1. The summed E-state index contributed by atoms with van der Waals surface area (Å²) in [5, 5.41) is 0. The molecule has 0 atom stereocenters. The normalized spacial score (nSPS) is 18.6. The van der Waals surface area contributed by atoms with Crippen molar-refractivity contribution in [3.63, 3.8) is 0 Å². The molecule has 4 heteroatoms. The first-order valence-electron chi connectivity index (χ1n) is 6.62. The summed E-state index contributed by atoms with van der Waals surface area (Å²) in [6.45, 7) is 2.35. The predicted octanol–water partition coefficient (Wildman–Crippen LogP) is 3.50. The fourth-order valence-electron chi connectivity index (χ4n) is 3.20. The van der Waals surface area contributed by atoms with Crippen LogP contribution in [0.1, 0.15) is 38.4 Å². The van der Waals surface area contributed by atoms with Crippen LogP contribution in [0.4, 0.5) is 0 Å². The Kier molecular flexibility index (Phi) is 3.02. The van der Waals surface area contributed by atoms with E-state index in [2.05, 4.69) is 22.5 Å². The van der Waals surface area contributed by atoms with Crippen molar-refractivity contribution in [3.05, 3.63) is 24.3 Å². The summed E-state index contributed by atoms with van der Waals surface area (Å²) in [4.78, 5) is 8.88. The SMILES string of the molecule is CC1(n2c(CCCl)nc3cnccc32)CCCC1. The molecule has 1 aliphatic rings. The standard InChI is InChI=1S/C14H18ClN3/c1-14(6-2-3-7-14)18-12-5-9-16-10-11(12)17-13(18)4-8-15/h5,9-10H,2-4,6-8H2,1H3. The highest BCUT2D eigenvalue weighted by Crippen LogP contribution is 2.39. The lowest BCUT2D eigenvalue weighted by Crippen LogP contribution is -2.28. The van der Waals surface area contributed by atoms with Gasteiger partial charge in [0.05, 0.1) is 11.7 Å². The second kappa shape index (κ2) is 4.54. The molecule has 3 nitrogen and oxygen atoms in total. The van der Waals surface area contributed by atoms with E-state index in [9.17, 15) is 0 Å². The molecule has 1 aliphatic carbocycles. The monoisotopic (exact) mass is 263 g/mol. The molecule has 0 radical (unpaired) electrons. The molecule has 1 saturated carbocycles. The first-order valence-corrected chi connectivity index (χ1v) is 7.16. The highest BCUT2D eigenvalue weighted by atomic mass is 35.5. The van der Waals surface area contributed by atoms with Crippen LogP contribution in [0.25, 0.3) is 11.0 Å². The first-order chi connectivity index (χ1) is 8.74. The van der Waals surface area contributed by atoms with Gasteiger partial charge in [-0.2, -0.15) is 0 Å². The number of hydrogen-bond donors (Lipinski definition) is 0. The molecule has 2 aromatic rings.